The monoisotopic (exact) mass is 288 g/mol. The van der Waals surface area contributed by atoms with Gasteiger partial charge in [-0.3, -0.25) is 4.79 Å². The molecule has 0 aromatic heterocycles. The van der Waals surface area contributed by atoms with Crippen molar-refractivity contribution in [2.45, 2.75) is 37.5 Å². The number of fused-ring (bicyclic) bond motifs is 2. The van der Waals surface area contributed by atoms with Crippen LogP contribution in [-0.4, -0.2) is 37.3 Å². The molecule has 112 valence electrons. The maximum Gasteiger partial charge on any atom is 0.251 e. The minimum Gasteiger partial charge on any atom is -0.493 e. The molecule has 0 radical (unpaired) electrons. The van der Waals surface area contributed by atoms with E-state index in [0.29, 0.717) is 18.1 Å². The van der Waals surface area contributed by atoms with Gasteiger partial charge in [-0.15, -0.1) is 0 Å². The number of carbonyl (C=O) groups is 1. The molecule has 1 aromatic carbocycles. The third-order valence-corrected chi connectivity index (χ3v) is 4.93. The number of nitrogens with two attached hydrogens (primary N) is 1. The summed E-state index contributed by atoms with van der Waals surface area (Å²) in [6.45, 7) is 1.47. The lowest BCUT2D eigenvalue weighted by Crippen LogP contribution is -2.72. The molecule has 3 aliphatic rings. The molecule has 1 aromatic rings. The second kappa shape index (κ2) is 5.00. The highest BCUT2D eigenvalue weighted by Crippen LogP contribution is 2.37. The van der Waals surface area contributed by atoms with Gasteiger partial charge in [-0.2, -0.15) is 0 Å². The predicted molar refractivity (Wildman–Crippen MR) is 77.3 cm³/mol. The molecular weight excluding hydrogens is 268 g/mol. The molecular formula is C16H20N2O3. The van der Waals surface area contributed by atoms with E-state index in [-0.39, 0.29) is 24.1 Å². The summed E-state index contributed by atoms with van der Waals surface area (Å²) >= 11 is 0. The highest BCUT2D eigenvalue weighted by Gasteiger charge is 2.51. The van der Waals surface area contributed by atoms with Gasteiger partial charge in [-0.1, -0.05) is 0 Å². The van der Waals surface area contributed by atoms with Gasteiger partial charge in [0.1, 0.15) is 5.75 Å². The Bertz CT molecular complexity index is 575. The first-order chi connectivity index (χ1) is 10.2. The van der Waals surface area contributed by atoms with Gasteiger partial charge in [0.05, 0.1) is 18.8 Å². The molecule has 1 saturated carbocycles. The van der Waals surface area contributed by atoms with Crippen molar-refractivity contribution in [2.24, 2.45) is 11.7 Å². The van der Waals surface area contributed by atoms with Crippen LogP contribution < -0.4 is 15.8 Å². The fourth-order valence-electron chi connectivity index (χ4n) is 3.69. The first kappa shape index (κ1) is 13.1. The Balaban J connectivity index is 1.46. The molecule has 0 spiro atoms. The topological polar surface area (TPSA) is 73.6 Å². The molecule has 5 heteroatoms. The fourth-order valence-corrected chi connectivity index (χ4v) is 3.69. The Morgan fingerprint density at radius 1 is 1.33 bits per heavy atom. The van der Waals surface area contributed by atoms with E-state index in [2.05, 4.69) is 5.32 Å². The second-order valence-electron chi connectivity index (χ2n) is 6.14. The summed E-state index contributed by atoms with van der Waals surface area (Å²) in [4.78, 5) is 12.4. The Labute approximate surface area is 123 Å². The van der Waals surface area contributed by atoms with Crippen LogP contribution in [0.4, 0.5) is 0 Å². The summed E-state index contributed by atoms with van der Waals surface area (Å²) in [5, 5.41) is 3.04. The van der Waals surface area contributed by atoms with E-state index < -0.39 is 0 Å². The van der Waals surface area contributed by atoms with Crippen LogP contribution in [-0.2, 0) is 11.2 Å². The molecule has 4 atom stereocenters. The summed E-state index contributed by atoms with van der Waals surface area (Å²) in [7, 11) is 0. The van der Waals surface area contributed by atoms with E-state index in [4.69, 9.17) is 15.2 Å². The van der Waals surface area contributed by atoms with Gasteiger partial charge in [0.2, 0.25) is 0 Å². The average molecular weight is 288 g/mol. The van der Waals surface area contributed by atoms with Crippen LogP contribution in [0.1, 0.15) is 28.8 Å². The van der Waals surface area contributed by atoms with Gasteiger partial charge in [0.25, 0.3) is 5.91 Å². The van der Waals surface area contributed by atoms with Gasteiger partial charge >= 0.3 is 0 Å². The Hall–Kier alpha value is -1.59. The first-order valence-electron chi connectivity index (χ1n) is 7.68. The number of ether oxygens (including phenoxy) is 2. The lowest BCUT2D eigenvalue weighted by Gasteiger charge is -2.52. The second-order valence-corrected chi connectivity index (χ2v) is 6.14. The van der Waals surface area contributed by atoms with E-state index in [9.17, 15) is 4.79 Å². The number of amides is 1. The molecule has 2 aliphatic heterocycles. The smallest absolute Gasteiger partial charge is 0.251 e. The zero-order valence-electron chi connectivity index (χ0n) is 11.9. The first-order valence-corrected chi connectivity index (χ1v) is 7.68. The zero-order valence-corrected chi connectivity index (χ0v) is 11.9. The molecule has 2 heterocycles. The van der Waals surface area contributed by atoms with Crippen molar-refractivity contribution >= 4 is 5.91 Å². The molecule has 1 amide bonds. The van der Waals surface area contributed by atoms with Crippen molar-refractivity contribution in [1.82, 2.24) is 5.32 Å². The van der Waals surface area contributed by atoms with Gasteiger partial charge in [-0.25, -0.2) is 0 Å². The summed E-state index contributed by atoms with van der Waals surface area (Å²) in [5.41, 5.74) is 7.96. The Morgan fingerprint density at radius 3 is 3.14 bits per heavy atom. The summed E-state index contributed by atoms with van der Waals surface area (Å²) in [6, 6.07) is 5.55. The number of hydrogen-bond donors (Lipinski definition) is 2. The average Bonchev–Trinajstić information content (AvgIpc) is 2.99. The quantitative estimate of drug-likeness (QED) is 0.846. The number of carbonyl (C=O) groups excluding carboxylic acids is 1. The highest BCUT2D eigenvalue weighted by atomic mass is 16.5. The van der Waals surface area contributed by atoms with Crippen molar-refractivity contribution in [1.29, 1.82) is 0 Å². The van der Waals surface area contributed by atoms with Crippen molar-refractivity contribution in [3.8, 4) is 5.75 Å². The van der Waals surface area contributed by atoms with E-state index in [0.717, 1.165) is 37.2 Å². The molecule has 1 saturated heterocycles. The predicted octanol–water partition coefficient (Wildman–Crippen LogP) is 0.856. The van der Waals surface area contributed by atoms with Gasteiger partial charge < -0.3 is 20.5 Å². The van der Waals surface area contributed by atoms with E-state index in [1.54, 1.807) is 0 Å². The van der Waals surface area contributed by atoms with Crippen molar-refractivity contribution in [3.63, 3.8) is 0 Å². The lowest BCUT2D eigenvalue weighted by molar-refractivity contribution is -0.117. The van der Waals surface area contributed by atoms with Crippen molar-refractivity contribution in [3.05, 3.63) is 29.3 Å². The normalized spacial score (nSPS) is 33.4. The van der Waals surface area contributed by atoms with Gasteiger partial charge in [0.15, 0.2) is 0 Å². The van der Waals surface area contributed by atoms with E-state index in [1.165, 1.54) is 0 Å². The molecule has 4 unspecified atom stereocenters. The van der Waals surface area contributed by atoms with Crippen LogP contribution in [0.2, 0.25) is 0 Å². The third kappa shape index (κ3) is 2.12. The molecule has 5 nitrogen and oxygen atoms in total. The number of rotatable bonds is 2. The van der Waals surface area contributed by atoms with Crippen molar-refractivity contribution in [2.75, 3.05) is 13.2 Å². The minimum atomic E-state index is -0.0715. The summed E-state index contributed by atoms with van der Waals surface area (Å²) in [6.07, 6.45) is 3.14. The molecule has 21 heavy (non-hydrogen) atoms. The van der Waals surface area contributed by atoms with Crippen LogP contribution in [0.5, 0.6) is 5.75 Å². The van der Waals surface area contributed by atoms with Crippen LogP contribution in [0, 0.1) is 5.92 Å². The zero-order chi connectivity index (χ0) is 14.4. The largest absolute Gasteiger partial charge is 0.493 e. The standard InChI is InChI=1S/C16H20N2O3/c17-13-11-2-1-6-21-15(11)14(13)18-16(19)10-3-4-12-9(8-10)5-7-20-12/h3-4,8,11,13-15H,1-2,5-7,17H2,(H,18,19). The maximum absolute atomic E-state index is 12.4. The number of hydrogen-bond acceptors (Lipinski definition) is 4. The molecule has 2 fully saturated rings. The van der Waals surface area contributed by atoms with Crippen molar-refractivity contribution < 1.29 is 14.3 Å². The van der Waals surface area contributed by atoms with Crippen LogP contribution in [0.3, 0.4) is 0 Å². The van der Waals surface area contributed by atoms with Gasteiger partial charge in [-0.05, 0) is 36.6 Å². The van der Waals surface area contributed by atoms with Crippen LogP contribution in [0.25, 0.3) is 0 Å². The molecule has 4 rings (SSSR count). The maximum atomic E-state index is 12.4. The van der Waals surface area contributed by atoms with E-state index >= 15 is 0 Å². The molecule has 1 aliphatic carbocycles. The Kier molecular flexibility index (Phi) is 3.12. The van der Waals surface area contributed by atoms with Crippen LogP contribution >= 0.6 is 0 Å². The third-order valence-electron chi connectivity index (χ3n) is 4.93. The molecule has 3 N–H and O–H groups in total. The molecule has 0 bridgehead atoms. The Morgan fingerprint density at radius 2 is 2.24 bits per heavy atom. The van der Waals surface area contributed by atoms with E-state index in [1.807, 2.05) is 18.2 Å². The SMILES string of the molecule is NC1C2CCCOC2C1NC(=O)c1ccc2c(c1)CCO2. The fraction of sp³-hybridized carbons (Fsp3) is 0.562. The summed E-state index contributed by atoms with van der Waals surface area (Å²) in [5.74, 6) is 1.22. The minimum absolute atomic E-state index is 0.0111. The van der Waals surface area contributed by atoms with Crippen LogP contribution in [0.15, 0.2) is 18.2 Å². The van der Waals surface area contributed by atoms with Gasteiger partial charge in [0, 0.05) is 30.6 Å². The number of benzene rings is 1. The summed E-state index contributed by atoms with van der Waals surface area (Å²) < 4.78 is 11.2. The highest BCUT2D eigenvalue weighted by molar-refractivity contribution is 5.95. The number of nitrogens with one attached hydrogen (secondary N) is 1. The lowest BCUT2D eigenvalue weighted by atomic mass is 9.68.